The van der Waals surface area contributed by atoms with Crippen LogP contribution in [0.1, 0.15) is 65.7 Å². The number of rotatable bonds is 1. The van der Waals surface area contributed by atoms with Crippen LogP contribution in [0.2, 0.25) is 0 Å². The first-order valence-corrected chi connectivity index (χ1v) is 9.49. The summed E-state index contributed by atoms with van der Waals surface area (Å²) in [4.78, 5) is 38.0. The summed E-state index contributed by atoms with van der Waals surface area (Å²) in [5, 5.41) is 20.9. The Balaban J connectivity index is 1.86. The van der Waals surface area contributed by atoms with E-state index < -0.39 is 33.7 Å². The van der Waals surface area contributed by atoms with Gasteiger partial charge in [-0.05, 0) is 50.9 Å². The third-order valence-corrected chi connectivity index (χ3v) is 8.87. The third-order valence-electron chi connectivity index (χ3n) is 8.87. The lowest BCUT2D eigenvalue weighted by Crippen LogP contribution is -2.66. The predicted octanol–water partition coefficient (Wildman–Crippen LogP) is 2.59. The highest BCUT2D eigenvalue weighted by Gasteiger charge is 2.73. The molecule has 4 rings (SSSR count). The average Bonchev–Trinajstić information content (AvgIpc) is 2.73. The van der Waals surface area contributed by atoms with Gasteiger partial charge in [-0.25, -0.2) is 0 Å². The monoisotopic (exact) mass is 348 g/mol. The molecule has 7 atom stereocenters. The van der Waals surface area contributed by atoms with Crippen molar-refractivity contribution in [3.8, 4) is 0 Å². The molecular formula is C20H28O5. The molecule has 2 N–H and O–H groups in total. The Morgan fingerprint density at radius 3 is 2.36 bits per heavy atom. The number of hydrogen-bond donors (Lipinski definition) is 2. The summed E-state index contributed by atoms with van der Waals surface area (Å²) >= 11 is 0. The molecule has 25 heavy (non-hydrogen) atoms. The smallest absolute Gasteiger partial charge is 0.309 e. The first-order valence-electron chi connectivity index (χ1n) is 9.49. The van der Waals surface area contributed by atoms with Crippen LogP contribution in [-0.2, 0) is 14.4 Å². The second kappa shape index (κ2) is 4.73. The number of carbonyl (C=O) groups excluding carboxylic acids is 2. The lowest BCUT2D eigenvalue weighted by atomic mass is 9.39. The highest BCUT2D eigenvalue weighted by atomic mass is 16.4. The van der Waals surface area contributed by atoms with E-state index in [0.717, 1.165) is 12.8 Å². The van der Waals surface area contributed by atoms with Gasteiger partial charge in [0.05, 0.1) is 11.5 Å². The highest BCUT2D eigenvalue weighted by Crippen LogP contribution is 2.71. The number of carboxylic acids is 1. The molecule has 138 valence electrons. The Hall–Kier alpha value is -1.23. The van der Waals surface area contributed by atoms with Crippen LogP contribution >= 0.6 is 0 Å². The van der Waals surface area contributed by atoms with Crippen LogP contribution in [0.25, 0.3) is 0 Å². The Kier molecular flexibility index (Phi) is 3.25. The van der Waals surface area contributed by atoms with E-state index in [4.69, 9.17) is 0 Å². The van der Waals surface area contributed by atoms with Crippen LogP contribution in [0.5, 0.6) is 0 Å². The fourth-order valence-corrected chi connectivity index (χ4v) is 7.27. The molecule has 0 heterocycles. The average molecular weight is 348 g/mol. The van der Waals surface area contributed by atoms with Gasteiger partial charge in [-0.1, -0.05) is 13.8 Å². The van der Waals surface area contributed by atoms with Crippen molar-refractivity contribution in [1.29, 1.82) is 0 Å². The van der Waals surface area contributed by atoms with Crippen molar-refractivity contribution in [3.05, 3.63) is 0 Å². The van der Waals surface area contributed by atoms with Gasteiger partial charge >= 0.3 is 5.97 Å². The fourth-order valence-electron chi connectivity index (χ4n) is 7.27. The SMILES string of the molecule is C[C@@]12CC[C@@H]3[C@@](CC1=O)(C2)C(=O)C[C@H]1[C@@]3(C)[C@@H](O)CC[C@@]1(C)C(=O)O. The molecule has 0 saturated heterocycles. The molecule has 4 aliphatic carbocycles. The molecule has 0 radical (unpaired) electrons. The number of fused-ring (bicyclic) bond motifs is 3. The molecule has 0 amide bonds. The van der Waals surface area contributed by atoms with Crippen LogP contribution in [0, 0.1) is 33.5 Å². The van der Waals surface area contributed by atoms with E-state index in [9.17, 15) is 24.6 Å². The van der Waals surface area contributed by atoms with Crippen LogP contribution in [0.4, 0.5) is 0 Å². The standard InChI is InChI=1S/C20H28O5/c1-17-6-4-11-19(3)12(18(2,16(24)25)7-5-13(19)21)8-14(22)20(11,10-17)9-15(17)23/h11-13,21H,4-10H2,1-3H3,(H,24,25)/t11-,12+,13-,17-,18+,19-,20+/m0/s1. The summed E-state index contributed by atoms with van der Waals surface area (Å²) < 4.78 is 0. The van der Waals surface area contributed by atoms with E-state index in [0.29, 0.717) is 19.3 Å². The van der Waals surface area contributed by atoms with Gasteiger partial charge in [-0.3, -0.25) is 14.4 Å². The maximum absolute atomic E-state index is 13.3. The number of carbonyl (C=O) groups is 3. The van der Waals surface area contributed by atoms with Crippen LogP contribution in [0.3, 0.4) is 0 Å². The van der Waals surface area contributed by atoms with Crippen molar-refractivity contribution in [3.63, 3.8) is 0 Å². The topological polar surface area (TPSA) is 91.7 Å². The first-order chi connectivity index (χ1) is 11.5. The van der Waals surface area contributed by atoms with E-state index in [1.54, 1.807) is 6.92 Å². The number of aliphatic hydroxyl groups excluding tert-OH is 1. The molecule has 2 bridgehead atoms. The molecule has 0 unspecified atom stereocenters. The zero-order chi connectivity index (χ0) is 18.4. The van der Waals surface area contributed by atoms with Gasteiger partial charge in [0.25, 0.3) is 0 Å². The van der Waals surface area contributed by atoms with Gasteiger partial charge in [-0.15, -0.1) is 0 Å². The second-order valence-corrected chi connectivity index (χ2v) is 9.91. The Morgan fingerprint density at radius 2 is 1.72 bits per heavy atom. The Morgan fingerprint density at radius 1 is 1.04 bits per heavy atom. The van der Waals surface area contributed by atoms with Crippen molar-refractivity contribution in [1.82, 2.24) is 0 Å². The molecule has 4 aliphatic rings. The van der Waals surface area contributed by atoms with Crippen LogP contribution < -0.4 is 0 Å². The molecule has 5 heteroatoms. The molecular weight excluding hydrogens is 320 g/mol. The first kappa shape index (κ1) is 17.2. The molecule has 0 aromatic heterocycles. The molecule has 4 fully saturated rings. The number of aliphatic hydroxyl groups is 1. The van der Waals surface area contributed by atoms with Crippen LogP contribution in [-0.4, -0.2) is 33.9 Å². The van der Waals surface area contributed by atoms with E-state index in [2.05, 4.69) is 0 Å². The maximum atomic E-state index is 13.3. The van der Waals surface area contributed by atoms with Gasteiger partial charge in [0.1, 0.15) is 11.6 Å². The summed E-state index contributed by atoms with van der Waals surface area (Å²) in [5.74, 6) is -1.10. The largest absolute Gasteiger partial charge is 0.481 e. The number of hydrogen-bond acceptors (Lipinski definition) is 4. The van der Waals surface area contributed by atoms with Crippen molar-refractivity contribution in [2.75, 3.05) is 0 Å². The third kappa shape index (κ3) is 1.80. The van der Waals surface area contributed by atoms with E-state index in [1.807, 2.05) is 13.8 Å². The minimum atomic E-state index is -0.991. The zero-order valence-corrected chi connectivity index (χ0v) is 15.3. The van der Waals surface area contributed by atoms with Crippen molar-refractivity contribution < 1.29 is 24.6 Å². The van der Waals surface area contributed by atoms with Crippen molar-refractivity contribution in [2.24, 2.45) is 33.5 Å². The Bertz CT molecular complexity index is 686. The van der Waals surface area contributed by atoms with Crippen molar-refractivity contribution in [2.45, 2.75) is 71.8 Å². The molecule has 0 aromatic carbocycles. The number of carboxylic acid groups (broad SMARTS) is 1. The minimum absolute atomic E-state index is 0.0679. The zero-order valence-electron chi connectivity index (χ0n) is 15.3. The molecule has 4 saturated carbocycles. The summed E-state index contributed by atoms with van der Waals surface area (Å²) in [6.45, 7) is 5.70. The minimum Gasteiger partial charge on any atom is -0.481 e. The number of aliphatic carboxylic acids is 1. The lowest BCUT2D eigenvalue weighted by Gasteiger charge is -2.64. The lowest BCUT2D eigenvalue weighted by molar-refractivity contribution is -0.210. The summed E-state index contributed by atoms with van der Waals surface area (Å²) in [5.41, 5.74) is -2.70. The highest BCUT2D eigenvalue weighted by molar-refractivity contribution is 5.99. The van der Waals surface area contributed by atoms with E-state index in [1.165, 1.54) is 0 Å². The van der Waals surface area contributed by atoms with E-state index >= 15 is 0 Å². The van der Waals surface area contributed by atoms with Crippen molar-refractivity contribution >= 4 is 17.5 Å². The molecule has 0 aliphatic heterocycles. The molecule has 1 spiro atoms. The maximum Gasteiger partial charge on any atom is 0.309 e. The molecule has 0 aromatic rings. The normalized spacial score (nSPS) is 54.8. The molecule has 5 nitrogen and oxygen atoms in total. The Labute approximate surface area is 148 Å². The summed E-state index contributed by atoms with van der Waals surface area (Å²) in [7, 11) is 0. The fraction of sp³-hybridized carbons (Fsp3) is 0.850. The van der Waals surface area contributed by atoms with Gasteiger partial charge < -0.3 is 10.2 Å². The van der Waals surface area contributed by atoms with E-state index in [-0.39, 0.29) is 36.2 Å². The predicted molar refractivity (Wildman–Crippen MR) is 89.7 cm³/mol. The quantitative estimate of drug-likeness (QED) is 0.760. The van der Waals surface area contributed by atoms with Gasteiger partial charge in [0.15, 0.2) is 0 Å². The number of Topliss-reactive ketones (excluding diaryl/α,β-unsaturated/α-hetero) is 2. The second-order valence-electron chi connectivity index (χ2n) is 9.91. The van der Waals surface area contributed by atoms with Gasteiger partial charge in [0.2, 0.25) is 0 Å². The van der Waals surface area contributed by atoms with Gasteiger partial charge in [-0.2, -0.15) is 0 Å². The van der Waals surface area contributed by atoms with Crippen LogP contribution in [0.15, 0.2) is 0 Å². The summed E-state index contributed by atoms with van der Waals surface area (Å²) in [6, 6.07) is 0. The number of ketones is 2. The van der Waals surface area contributed by atoms with Gasteiger partial charge in [0, 0.05) is 29.1 Å². The summed E-state index contributed by atoms with van der Waals surface area (Å²) in [6.07, 6.45) is 2.75.